The summed E-state index contributed by atoms with van der Waals surface area (Å²) < 4.78 is 5.91. The van der Waals surface area contributed by atoms with Gasteiger partial charge >= 0.3 is 6.09 Å². The molecule has 2 heterocycles. The molecule has 2 aliphatic heterocycles. The Morgan fingerprint density at radius 3 is 2.16 bits per heavy atom. The summed E-state index contributed by atoms with van der Waals surface area (Å²) >= 11 is 0. The van der Waals surface area contributed by atoms with Gasteiger partial charge in [-0.25, -0.2) is 4.79 Å². The highest BCUT2D eigenvalue weighted by atomic mass is 16.6. The third kappa shape index (κ3) is 4.78. The number of ether oxygens (including phenoxy) is 1. The normalized spacial score (nSPS) is 31.0. The summed E-state index contributed by atoms with van der Waals surface area (Å²) in [5.41, 5.74) is 0.342. The largest absolute Gasteiger partial charge is 0.463 e. The van der Waals surface area contributed by atoms with Gasteiger partial charge in [0.25, 0.3) is 0 Å². The number of carbonyl (C=O) groups is 2. The summed E-state index contributed by atoms with van der Waals surface area (Å²) in [5, 5.41) is 2.72. The molecule has 2 aliphatic carbocycles. The first-order valence-electron chi connectivity index (χ1n) is 12.9. The minimum absolute atomic E-state index is 0.0617. The van der Waals surface area contributed by atoms with Crippen LogP contribution < -0.4 is 5.32 Å². The van der Waals surface area contributed by atoms with E-state index in [0.717, 1.165) is 58.3 Å². The maximum atomic E-state index is 12.8. The van der Waals surface area contributed by atoms with Crippen molar-refractivity contribution in [2.75, 3.05) is 26.2 Å². The van der Waals surface area contributed by atoms with Crippen molar-refractivity contribution >= 4 is 51.2 Å². The number of nitrogens with zero attached hydrogens (tertiary/aromatic N) is 2. The minimum Gasteiger partial charge on any atom is -0.463 e. The number of carbonyl (C=O) groups excluding carboxylic acids is 2. The lowest BCUT2D eigenvalue weighted by Gasteiger charge is -2.51. The smallest absolute Gasteiger partial charge is 0.408 e. The van der Waals surface area contributed by atoms with E-state index in [9.17, 15) is 9.59 Å². The van der Waals surface area contributed by atoms with Crippen molar-refractivity contribution in [3.63, 3.8) is 0 Å². The number of amides is 2. The fraction of sp³-hybridized carbons (Fsp3) is 0.905. The second-order valence-corrected chi connectivity index (χ2v) is 13.1. The number of piperidine rings is 1. The lowest BCUT2D eigenvalue weighted by atomic mass is 9.28. The Bertz CT molecular complexity index is 741. The van der Waals surface area contributed by atoms with Gasteiger partial charge in [-0.2, -0.15) is 0 Å². The predicted molar refractivity (Wildman–Crippen MR) is 141 cm³/mol. The van der Waals surface area contributed by atoms with Gasteiger partial charge in [0.2, 0.25) is 5.91 Å². The summed E-state index contributed by atoms with van der Waals surface area (Å²) in [6, 6.07) is 0.616. The SMILES string of the molecule is BC(B)(B)C(B)(B)OC(=O)N1CCC2(CC(N3CCC(C(=O)NC4(C)CCC4)CC3)C2)C1. The molecule has 0 aromatic carbocycles. The van der Waals surface area contributed by atoms with Crippen molar-refractivity contribution < 1.29 is 14.3 Å². The molecule has 2 saturated heterocycles. The molecular weight excluding hydrogens is 396 g/mol. The van der Waals surface area contributed by atoms with Gasteiger partial charge in [-0.1, -0.05) is 5.11 Å². The summed E-state index contributed by atoms with van der Waals surface area (Å²) in [6.07, 6.45) is 8.73. The highest BCUT2D eigenvalue weighted by Crippen LogP contribution is 2.51. The molecule has 11 heteroatoms. The fourth-order valence-corrected chi connectivity index (χ4v) is 5.82. The first-order chi connectivity index (χ1) is 14.8. The molecule has 4 fully saturated rings. The van der Waals surface area contributed by atoms with Crippen molar-refractivity contribution in [2.24, 2.45) is 11.3 Å². The van der Waals surface area contributed by atoms with Gasteiger partial charge in [0.15, 0.2) is 0 Å². The Kier molecular flexibility index (Phi) is 6.31. The van der Waals surface area contributed by atoms with E-state index in [-0.39, 0.29) is 34.0 Å². The average Bonchev–Trinajstić information content (AvgIpc) is 3.10. The number of hydrogen-bond acceptors (Lipinski definition) is 4. The Balaban J connectivity index is 1.20. The first kappa shape index (κ1) is 24.2. The predicted octanol–water partition coefficient (Wildman–Crippen LogP) is -2.36. The minimum atomic E-state index is -0.491. The zero-order valence-electron chi connectivity index (χ0n) is 21.3. The van der Waals surface area contributed by atoms with E-state index in [0.29, 0.717) is 6.04 Å². The van der Waals surface area contributed by atoms with Crippen LogP contribution in [0.25, 0.3) is 0 Å². The van der Waals surface area contributed by atoms with Crippen LogP contribution in [-0.2, 0) is 9.53 Å². The third-order valence-electron chi connectivity index (χ3n) is 9.48. The zero-order chi connectivity index (χ0) is 23.4. The summed E-state index contributed by atoms with van der Waals surface area (Å²) in [7, 11) is 10.4. The number of rotatable bonds is 5. The summed E-state index contributed by atoms with van der Waals surface area (Å²) in [6.45, 7) is 5.89. The first-order valence-corrected chi connectivity index (χ1v) is 12.9. The molecule has 0 aromatic rings. The van der Waals surface area contributed by atoms with Crippen LogP contribution in [0.4, 0.5) is 4.79 Å². The number of nitrogens with one attached hydrogen (secondary N) is 1. The van der Waals surface area contributed by atoms with Crippen LogP contribution >= 0.6 is 0 Å². The Hall–Kier alpha value is -0.975. The van der Waals surface area contributed by atoms with Crippen molar-refractivity contribution in [3.8, 4) is 0 Å². The lowest BCUT2D eigenvalue weighted by molar-refractivity contribution is -0.130. The van der Waals surface area contributed by atoms with Crippen molar-refractivity contribution in [1.29, 1.82) is 0 Å². The van der Waals surface area contributed by atoms with Gasteiger partial charge in [0.1, 0.15) is 15.7 Å². The molecule has 1 spiro atoms. The van der Waals surface area contributed by atoms with Crippen molar-refractivity contribution in [1.82, 2.24) is 15.1 Å². The maximum absolute atomic E-state index is 12.8. The Morgan fingerprint density at radius 1 is 1.00 bits per heavy atom. The standard InChI is InChI=1S/C21H40B5N3O3/c1-18(5-2-6-18)27-16(30)14-3-8-28(9-4-14)15-11-19(12-15)7-10-29(13-19)17(31)32-21(25,26)20(22,23)24/h14-15H,2-13,22-26H2,1H3,(H,27,30). The molecular formula is C21H40B5N3O3. The van der Waals surface area contributed by atoms with E-state index in [1.54, 1.807) is 0 Å². The summed E-state index contributed by atoms with van der Waals surface area (Å²) in [5.74, 6) is 0.459. The highest BCUT2D eigenvalue weighted by molar-refractivity contribution is 6.67. The van der Waals surface area contributed by atoms with E-state index >= 15 is 0 Å². The molecule has 4 rings (SSSR count). The molecule has 2 amide bonds. The van der Waals surface area contributed by atoms with Crippen LogP contribution in [0.3, 0.4) is 0 Å². The van der Waals surface area contributed by atoms with E-state index in [2.05, 4.69) is 40.7 Å². The van der Waals surface area contributed by atoms with Crippen molar-refractivity contribution in [2.45, 2.75) is 80.4 Å². The Labute approximate surface area is 198 Å². The monoisotopic (exact) mass is 437 g/mol. The van der Waals surface area contributed by atoms with Crippen LogP contribution in [-0.4, -0.2) is 104 Å². The van der Waals surface area contributed by atoms with Crippen LogP contribution in [0.2, 0.25) is 5.11 Å². The van der Waals surface area contributed by atoms with E-state index in [1.165, 1.54) is 19.3 Å². The van der Waals surface area contributed by atoms with Crippen molar-refractivity contribution in [3.05, 3.63) is 0 Å². The molecule has 172 valence electrons. The van der Waals surface area contributed by atoms with Crippen LogP contribution in [0.15, 0.2) is 0 Å². The van der Waals surface area contributed by atoms with Crippen LogP contribution in [0.1, 0.15) is 58.3 Å². The van der Waals surface area contributed by atoms with Gasteiger partial charge in [0, 0.05) is 36.0 Å². The molecule has 0 unspecified atom stereocenters. The van der Waals surface area contributed by atoms with Gasteiger partial charge in [-0.05, 0) is 76.8 Å². The molecule has 0 atom stereocenters. The number of likely N-dealkylation sites (tertiary alicyclic amines) is 2. The van der Waals surface area contributed by atoms with Gasteiger partial charge in [-0.3, -0.25) is 4.79 Å². The molecule has 0 radical (unpaired) electrons. The molecule has 0 bridgehead atoms. The van der Waals surface area contributed by atoms with Gasteiger partial charge in [0.05, 0.1) is 23.5 Å². The van der Waals surface area contributed by atoms with E-state index in [1.807, 2.05) is 20.6 Å². The summed E-state index contributed by atoms with van der Waals surface area (Å²) in [4.78, 5) is 30.0. The quantitative estimate of drug-likeness (QED) is 0.490. The second-order valence-electron chi connectivity index (χ2n) is 13.1. The highest BCUT2D eigenvalue weighted by Gasteiger charge is 2.52. The molecule has 4 aliphatic rings. The molecule has 0 aromatic heterocycles. The maximum Gasteiger partial charge on any atom is 0.408 e. The number of hydrogen-bond donors (Lipinski definition) is 1. The fourth-order valence-electron chi connectivity index (χ4n) is 5.82. The van der Waals surface area contributed by atoms with Crippen LogP contribution in [0, 0.1) is 11.3 Å². The van der Waals surface area contributed by atoms with Gasteiger partial charge in [-0.15, -0.1) is 0 Å². The zero-order valence-corrected chi connectivity index (χ0v) is 21.3. The third-order valence-corrected chi connectivity index (χ3v) is 9.48. The topological polar surface area (TPSA) is 61.9 Å². The van der Waals surface area contributed by atoms with E-state index < -0.39 is 5.40 Å². The molecule has 1 N–H and O–H groups in total. The van der Waals surface area contributed by atoms with Crippen LogP contribution in [0.5, 0.6) is 0 Å². The van der Waals surface area contributed by atoms with E-state index in [4.69, 9.17) is 4.74 Å². The molecule has 6 nitrogen and oxygen atoms in total. The van der Waals surface area contributed by atoms with Gasteiger partial charge < -0.3 is 19.9 Å². The average molecular weight is 437 g/mol. The molecule has 2 saturated carbocycles. The lowest BCUT2D eigenvalue weighted by Crippen LogP contribution is -2.57. The second kappa shape index (κ2) is 8.35. The molecule has 32 heavy (non-hydrogen) atoms. The Morgan fingerprint density at radius 2 is 1.62 bits per heavy atom.